The van der Waals surface area contributed by atoms with Crippen molar-refractivity contribution in [3.63, 3.8) is 0 Å². The van der Waals surface area contributed by atoms with E-state index in [1.807, 2.05) is 24.4 Å². The number of benzene rings is 1. The summed E-state index contributed by atoms with van der Waals surface area (Å²) in [5, 5.41) is 0. The van der Waals surface area contributed by atoms with Crippen LogP contribution in [-0.2, 0) is 11.3 Å². The van der Waals surface area contributed by atoms with Crippen LogP contribution in [0.15, 0.2) is 24.4 Å². The maximum absolute atomic E-state index is 12.6. The number of thiazole rings is 1. The summed E-state index contributed by atoms with van der Waals surface area (Å²) in [5.74, 6) is 1.07. The number of fused-ring (bicyclic) bond motifs is 2. The SMILES string of the molecule is Cc1cn2c(CN(C)C(=O)CCC(=O)c3ccc4c(c3)OCCO4)c(C)nc2s1. The van der Waals surface area contributed by atoms with Crippen molar-refractivity contribution in [2.24, 2.45) is 0 Å². The van der Waals surface area contributed by atoms with Crippen molar-refractivity contribution >= 4 is 28.0 Å². The highest BCUT2D eigenvalue weighted by Crippen LogP contribution is 2.31. The van der Waals surface area contributed by atoms with Gasteiger partial charge in [0.15, 0.2) is 22.2 Å². The highest BCUT2D eigenvalue weighted by atomic mass is 32.1. The fourth-order valence-electron chi connectivity index (χ4n) is 3.38. The predicted octanol–water partition coefficient (Wildman–Crippen LogP) is 3.41. The smallest absolute Gasteiger partial charge is 0.223 e. The zero-order valence-electron chi connectivity index (χ0n) is 16.7. The number of carbonyl (C=O) groups is 2. The molecule has 0 unspecified atom stereocenters. The Morgan fingerprint density at radius 3 is 2.72 bits per heavy atom. The molecule has 2 aromatic heterocycles. The van der Waals surface area contributed by atoms with Gasteiger partial charge in [0.05, 0.1) is 17.9 Å². The number of ether oxygens (including phenoxy) is 2. The average Bonchev–Trinajstić information content (AvgIpc) is 3.21. The van der Waals surface area contributed by atoms with Crippen LogP contribution in [0.3, 0.4) is 0 Å². The molecule has 8 heteroatoms. The van der Waals surface area contributed by atoms with Crippen LogP contribution < -0.4 is 9.47 Å². The van der Waals surface area contributed by atoms with E-state index >= 15 is 0 Å². The molecule has 0 radical (unpaired) electrons. The number of aryl methyl sites for hydroxylation is 2. The Morgan fingerprint density at radius 2 is 1.93 bits per heavy atom. The Morgan fingerprint density at radius 1 is 1.17 bits per heavy atom. The van der Waals surface area contributed by atoms with E-state index in [0.29, 0.717) is 36.8 Å². The number of ketones is 1. The predicted molar refractivity (Wildman–Crippen MR) is 110 cm³/mol. The third-order valence-electron chi connectivity index (χ3n) is 4.98. The van der Waals surface area contributed by atoms with Crippen LogP contribution in [0.25, 0.3) is 4.96 Å². The Kier molecular flexibility index (Phi) is 5.27. The number of nitrogens with zero attached hydrogens (tertiary/aromatic N) is 3. The lowest BCUT2D eigenvalue weighted by Gasteiger charge is -2.19. The van der Waals surface area contributed by atoms with Gasteiger partial charge in [0.2, 0.25) is 5.91 Å². The summed E-state index contributed by atoms with van der Waals surface area (Å²) >= 11 is 1.63. The first-order valence-electron chi connectivity index (χ1n) is 9.53. The van der Waals surface area contributed by atoms with Crippen LogP contribution in [0.1, 0.15) is 39.5 Å². The minimum Gasteiger partial charge on any atom is -0.486 e. The van der Waals surface area contributed by atoms with Crippen LogP contribution >= 0.6 is 11.3 Å². The molecule has 1 aromatic carbocycles. The first-order valence-corrected chi connectivity index (χ1v) is 10.3. The fourth-order valence-corrected chi connectivity index (χ4v) is 4.27. The zero-order valence-corrected chi connectivity index (χ0v) is 17.5. The van der Waals surface area contributed by atoms with Gasteiger partial charge in [-0.2, -0.15) is 0 Å². The number of Topliss-reactive ketones (excluding diaryl/α,β-unsaturated/α-hetero) is 1. The van der Waals surface area contributed by atoms with Crippen molar-refractivity contribution in [3.05, 3.63) is 46.2 Å². The van der Waals surface area contributed by atoms with E-state index in [4.69, 9.17) is 9.47 Å². The molecule has 0 spiro atoms. The molecule has 0 aliphatic carbocycles. The number of rotatable bonds is 6. The minimum atomic E-state index is -0.0832. The molecular formula is C21H23N3O4S. The molecule has 0 N–H and O–H groups in total. The summed E-state index contributed by atoms with van der Waals surface area (Å²) in [4.78, 5) is 33.4. The van der Waals surface area contributed by atoms with Crippen LogP contribution in [-0.4, -0.2) is 46.2 Å². The first kappa shape index (κ1) is 19.4. The van der Waals surface area contributed by atoms with E-state index in [2.05, 4.69) is 4.98 Å². The summed E-state index contributed by atoms with van der Waals surface area (Å²) in [7, 11) is 1.76. The molecule has 0 saturated heterocycles. The van der Waals surface area contributed by atoms with Crippen molar-refractivity contribution in [2.75, 3.05) is 20.3 Å². The molecular weight excluding hydrogens is 390 g/mol. The third kappa shape index (κ3) is 3.98. The number of carbonyl (C=O) groups excluding carboxylic acids is 2. The monoisotopic (exact) mass is 413 g/mol. The maximum atomic E-state index is 12.6. The molecule has 29 heavy (non-hydrogen) atoms. The van der Waals surface area contributed by atoms with Gasteiger partial charge in [-0.1, -0.05) is 0 Å². The molecule has 3 heterocycles. The summed E-state index contributed by atoms with van der Waals surface area (Å²) in [6, 6.07) is 5.15. The largest absolute Gasteiger partial charge is 0.486 e. The normalized spacial score (nSPS) is 12.9. The van der Waals surface area contributed by atoms with E-state index in [0.717, 1.165) is 16.3 Å². The van der Waals surface area contributed by atoms with Crippen molar-refractivity contribution in [1.29, 1.82) is 0 Å². The standard InChI is InChI=1S/C21H23N3O4S/c1-13-11-24-16(14(2)22-21(24)29-13)12-23(3)20(26)7-5-17(25)15-4-6-18-19(10-15)28-9-8-27-18/h4,6,10-11H,5,7-9,12H2,1-3H3. The number of hydrogen-bond donors (Lipinski definition) is 0. The van der Waals surface area contributed by atoms with Gasteiger partial charge in [-0.15, -0.1) is 11.3 Å². The molecule has 152 valence electrons. The second kappa shape index (κ2) is 7.87. The van der Waals surface area contributed by atoms with Gasteiger partial charge in [0.1, 0.15) is 13.2 Å². The minimum absolute atomic E-state index is 0.0720. The van der Waals surface area contributed by atoms with Crippen molar-refractivity contribution in [2.45, 2.75) is 33.2 Å². The van der Waals surface area contributed by atoms with Gasteiger partial charge < -0.3 is 14.4 Å². The van der Waals surface area contributed by atoms with Gasteiger partial charge in [-0.05, 0) is 32.0 Å². The molecule has 1 aliphatic rings. The quantitative estimate of drug-likeness (QED) is 0.579. The van der Waals surface area contributed by atoms with Crippen molar-refractivity contribution in [3.8, 4) is 11.5 Å². The highest BCUT2D eigenvalue weighted by molar-refractivity contribution is 7.17. The van der Waals surface area contributed by atoms with Gasteiger partial charge in [0.25, 0.3) is 0 Å². The van der Waals surface area contributed by atoms with E-state index < -0.39 is 0 Å². The lowest BCUT2D eigenvalue weighted by atomic mass is 10.1. The molecule has 7 nitrogen and oxygen atoms in total. The second-order valence-corrected chi connectivity index (χ2v) is 8.38. The molecule has 1 amide bonds. The Balaban J connectivity index is 1.37. The second-order valence-electron chi connectivity index (χ2n) is 7.17. The third-order valence-corrected chi connectivity index (χ3v) is 5.88. The van der Waals surface area contributed by atoms with Crippen LogP contribution in [0, 0.1) is 13.8 Å². The lowest BCUT2D eigenvalue weighted by molar-refractivity contribution is -0.130. The van der Waals surface area contributed by atoms with Crippen LogP contribution in [0.4, 0.5) is 0 Å². The Hall–Kier alpha value is -2.87. The van der Waals surface area contributed by atoms with Crippen LogP contribution in [0.2, 0.25) is 0 Å². The Labute approximate surface area is 172 Å². The number of aromatic nitrogens is 2. The van der Waals surface area contributed by atoms with E-state index in [1.165, 1.54) is 4.88 Å². The molecule has 3 aromatic rings. The zero-order chi connectivity index (χ0) is 20.5. The Bertz CT molecular complexity index is 1090. The average molecular weight is 413 g/mol. The number of amides is 1. The van der Waals surface area contributed by atoms with Gasteiger partial charge in [0, 0.05) is 36.5 Å². The molecule has 0 saturated carbocycles. The van der Waals surface area contributed by atoms with E-state index in [-0.39, 0.29) is 24.5 Å². The molecule has 1 aliphatic heterocycles. The van der Waals surface area contributed by atoms with Crippen molar-refractivity contribution < 1.29 is 19.1 Å². The first-order chi connectivity index (χ1) is 13.9. The topological polar surface area (TPSA) is 73.1 Å². The van der Waals surface area contributed by atoms with Crippen LogP contribution in [0.5, 0.6) is 11.5 Å². The maximum Gasteiger partial charge on any atom is 0.223 e. The molecule has 0 atom stereocenters. The molecule has 4 rings (SSSR count). The summed E-state index contributed by atoms with van der Waals surface area (Å²) < 4.78 is 13.0. The van der Waals surface area contributed by atoms with Crippen molar-refractivity contribution in [1.82, 2.24) is 14.3 Å². The van der Waals surface area contributed by atoms with Gasteiger partial charge in [-0.3, -0.25) is 14.0 Å². The highest BCUT2D eigenvalue weighted by Gasteiger charge is 2.19. The number of hydrogen-bond acceptors (Lipinski definition) is 6. The summed E-state index contributed by atoms with van der Waals surface area (Å²) in [5.41, 5.74) is 2.45. The summed E-state index contributed by atoms with van der Waals surface area (Å²) in [6.07, 6.45) is 2.35. The lowest BCUT2D eigenvalue weighted by Crippen LogP contribution is -2.27. The molecule has 0 bridgehead atoms. The fraction of sp³-hybridized carbons (Fsp3) is 0.381. The summed E-state index contributed by atoms with van der Waals surface area (Å²) in [6.45, 7) is 5.43. The number of imidazole rings is 1. The van der Waals surface area contributed by atoms with E-state index in [1.54, 1.807) is 41.5 Å². The van der Waals surface area contributed by atoms with E-state index in [9.17, 15) is 9.59 Å². The van der Waals surface area contributed by atoms with Gasteiger partial charge >= 0.3 is 0 Å². The van der Waals surface area contributed by atoms with Gasteiger partial charge in [-0.25, -0.2) is 4.98 Å². The molecule has 0 fully saturated rings.